The maximum absolute atomic E-state index is 13.8. The lowest BCUT2D eigenvalue weighted by Gasteiger charge is -2.33. The van der Waals surface area contributed by atoms with Crippen molar-refractivity contribution >= 4 is 38.8 Å². The molecule has 0 amide bonds. The molecule has 5 rings (SSSR count). The van der Waals surface area contributed by atoms with Gasteiger partial charge in [0.25, 0.3) is 0 Å². The summed E-state index contributed by atoms with van der Waals surface area (Å²) < 4.78 is 35.0. The van der Waals surface area contributed by atoms with Gasteiger partial charge in [0.05, 0.1) is 11.6 Å². The van der Waals surface area contributed by atoms with Crippen molar-refractivity contribution in [3.8, 4) is 17.6 Å². The molecule has 0 spiro atoms. The van der Waals surface area contributed by atoms with Gasteiger partial charge in [-0.2, -0.15) is 9.57 Å². The molecule has 1 N–H and O–H groups in total. The number of rotatable bonds is 6. The molecule has 1 saturated heterocycles. The summed E-state index contributed by atoms with van der Waals surface area (Å²) >= 11 is 12.2. The Morgan fingerprint density at radius 1 is 1.08 bits per heavy atom. The summed E-state index contributed by atoms with van der Waals surface area (Å²) in [5.41, 5.74) is 3.99. The van der Waals surface area contributed by atoms with Crippen LogP contribution in [0.3, 0.4) is 0 Å². The van der Waals surface area contributed by atoms with Gasteiger partial charge in [0.1, 0.15) is 16.4 Å². The number of benzene rings is 3. The molecule has 0 radical (unpaired) electrons. The lowest BCUT2D eigenvalue weighted by atomic mass is 9.99. The van der Waals surface area contributed by atoms with Gasteiger partial charge in [-0.05, 0) is 65.9 Å². The number of hydrogen-bond acceptors (Lipinski definition) is 5. The van der Waals surface area contributed by atoms with E-state index in [-0.39, 0.29) is 22.3 Å². The van der Waals surface area contributed by atoms with Crippen LogP contribution in [0.1, 0.15) is 23.1 Å². The zero-order valence-electron chi connectivity index (χ0n) is 19.2. The first-order chi connectivity index (χ1) is 17.3. The summed E-state index contributed by atoms with van der Waals surface area (Å²) in [6.07, 6.45) is 3.85. The lowest BCUT2D eigenvalue weighted by molar-refractivity contribution is 0.300. The molecular formula is C27H23Cl2N3O3S. The number of fused-ring (bicyclic) bond motifs is 1. The molecule has 9 heteroatoms. The van der Waals surface area contributed by atoms with Crippen molar-refractivity contribution in [2.75, 3.05) is 19.6 Å². The van der Waals surface area contributed by atoms with Gasteiger partial charge < -0.3 is 10.1 Å². The first-order valence-corrected chi connectivity index (χ1v) is 13.7. The summed E-state index contributed by atoms with van der Waals surface area (Å²) in [6.45, 7) is 1.14. The molecule has 0 saturated carbocycles. The minimum atomic E-state index is -3.96. The van der Waals surface area contributed by atoms with Gasteiger partial charge in [0.2, 0.25) is 10.0 Å². The van der Waals surface area contributed by atoms with Crippen LogP contribution in [0.4, 0.5) is 0 Å². The number of ether oxygens (including phenoxy) is 1. The number of sulfonamides is 1. The van der Waals surface area contributed by atoms with Crippen LogP contribution in [0.5, 0.6) is 11.5 Å². The first-order valence-electron chi connectivity index (χ1n) is 11.5. The molecular weight excluding hydrogens is 517 g/mol. The number of nitrogens with one attached hydrogen (secondary N) is 1. The molecule has 3 aromatic carbocycles. The third kappa shape index (κ3) is 5.15. The topological polar surface area (TPSA) is 82.4 Å². The molecule has 1 fully saturated rings. The van der Waals surface area contributed by atoms with Crippen molar-refractivity contribution in [3.63, 3.8) is 0 Å². The molecule has 2 aliphatic rings. The molecule has 1 atom stereocenters. The van der Waals surface area contributed by atoms with Crippen LogP contribution in [0.15, 0.2) is 71.6 Å². The highest BCUT2D eigenvalue weighted by molar-refractivity contribution is 7.89. The largest absolute Gasteiger partial charge is 0.456 e. The zero-order valence-corrected chi connectivity index (χ0v) is 21.6. The van der Waals surface area contributed by atoms with Crippen LogP contribution < -0.4 is 10.1 Å². The number of nitrogens with zero attached hydrogens (tertiary/aromatic N) is 2. The van der Waals surface area contributed by atoms with Crippen molar-refractivity contribution in [3.05, 3.63) is 93.5 Å². The summed E-state index contributed by atoms with van der Waals surface area (Å²) in [5, 5.41) is 13.6. The highest BCUT2D eigenvalue weighted by atomic mass is 35.5. The van der Waals surface area contributed by atoms with E-state index >= 15 is 0 Å². The average molecular weight is 540 g/mol. The van der Waals surface area contributed by atoms with Gasteiger partial charge in [-0.25, -0.2) is 8.42 Å². The third-order valence-electron chi connectivity index (χ3n) is 6.37. The number of nitriles is 1. The van der Waals surface area contributed by atoms with E-state index in [1.165, 1.54) is 39.2 Å². The van der Waals surface area contributed by atoms with Crippen molar-refractivity contribution in [2.45, 2.75) is 23.8 Å². The minimum Gasteiger partial charge on any atom is -0.456 e. The smallest absolute Gasteiger partial charge is 0.246 e. The molecule has 6 nitrogen and oxygen atoms in total. The van der Waals surface area contributed by atoms with Gasteiger partial charge in [-0.1, -0.05) is 53.5 Å². The van der Waals surface area contributed by atoms with E-state index in [4.69, 9.17) is 27.9 Å². The standard InChI is InChI=1S/C27H23Cl2N3O3S/c28-21-13-22(29)15-24(14-21)35-26-8-5-18(16-30)11-27(26)36(33,34)32-10-9-31-23(17-32)12-20-7-6-19-3-1-2-4-25(19)20/h1-5,7-8,11,13-15,23,31H,6,9-10,12,17H2/t23-/m0/s1. The second-order valence-electron chi connectivity index (χ2n) is 8.79. The highest BCUT2D eigenvalue weighted by Gasteiger charge is 2.33. The van der Waals surface area contributed by atoms with E-state index in [1.54, 1.807) is 18.2 Å². The number of piperazine rings is 1. The fourth-order valence-electron chi connectivity index (χ4n) is 4.68. The molecule has 184 valence electrons. The Bertz CT molecular complexity index is 1480. The minimum absolute atomic E-state index is 0.0406. The molecule has 1 heterocycles. The molecule has 0 aromatic heterocycles. The fourth-order valence-corrected chi connectivity index (χ4v) is 6.81. The number of halogens is 2. The first kappa shape index (κ1) is 24.8. The maximum Gasteiger partial charge on any atom is 0.246 e. The van der Waals surface area contributed by atoms with Crippen LogP contribution in [-0.4, -0.2) is 38.4 Å². The van der Waals surface area contributed by atoms with Gasteiger partial charge in [-0.15, -0.1) is 0 Å². The SMILES string of the molecule is N#Cc1ccc(Oc2cc(Cl)cc(Cl)c2)c(S(=O)(=O)N2CCN[C@@H](CC3=CCc4ccccc43)C2)c1. The van der Waals surface area contributed by atoms with Gasteiger partial charge in [0, 0.05) is 35.7 Å². The Morgan fingerprint density at radius 3 is 2.64 bits per heavy atom. The van der Waals surface area contributed by atoms with E-state index in [1.807, 2.05) is 18.2 Å². The van der Waals surface area contributed by atoms with Crippen LogP contribution in [-0.2, 0) is 16.4 Å². The van der Waals surface area contributed by atoms with Crippen molar-refractivity contribution in [1.82, 2.24) is 9.62 Å². The predicted octanol–water partition coefficient (Wildman–Crippen LogP) is 5.65. The van der Waals surface area contributed by atoms with Crippen LogP contribution in [0.25, 0.3) is 5.57 Å². The van der Waals surface area contributed by atoms with E-state index in [0.29, 0.717) is 35.4 Å². The second kappa shape index (κ2) is 10.3. The molecule has 1 aliphatic carbocycles. The number of allylic oxidation sites excluding steroid dienone is 1. The van der Waals surface area contributed by atoms with E-state index < -0.39 is 10.0 Å². The third-order valence-corrected chi connectivity index (χ3v) is 8.69. The second-order valence-corrected chi connectivity index (χ2v) is 11.6. The summed E-state index contributed by atoms with van der Waals surface area (Å²) in [5.74, 6) is 0.411. The lowest BCUT2D eigenvalue weighted by Crippen LogP contribution is -2.52. The Hall–Kier alpha value is -2.86. The van der Waals surface area contributed by atoms with Crippen LogP contribution in [0, 0.1) is 11.3 Å². The molecule has 0 unspecified atom stereocenters. The predicted molar refractivity (Wildman–Crippen MR) is 141 cm³/mol. The van der Waals surface area contributed by atoms with Gasteiger partial charge in [-0.3, -0.25) is 0 Å². The highest BCUT2D eigenvalue weighted by Crippen LogP contribution is 2.35. The summed E-state index contributed by atoms with van der Waals surface area (Å²) in [7, 11) is -3.96. The van der Waals surface area contributed by atoms with Crippen molar-refractivity contribution in [1.29, 1.82) is 5.26 Å². The van der Waals surface area contributed by atoms with Gasteiger partial charge >= 0.3 is 0 Å². The zero-order chi connectivity index (χ0) is 25.3. The molecule has 36 heavy (non-hydrogen) atoms. The summed E-state index contributed by atoms with van der Waals surface area (Å²) in [6, 6.07) is 19.3. The Labute approximate surface area is 220 Å². The Morgan fingerprint density at radius 2 is 1.86 bits per heavy atom. The van der Waals surface area contributed by atoms with Crippen molar-refractivity contribution in [2.24, 2.45) is 0 Å². The maximum atomic E-state index is 13.8. The van der Waals surface area contributed by atoms with Crippen LogP contribution in [0.2, 0.25) is 10.0 Å². The fraction of sp³-hybridized carbons (Fsp3) is 0.222. The van der Waals surface area contributed by atoms with E-state index in [2.05, 4.69) is 23.5 Å². The average Bonchev–Trinajstić information content (AvgIpc) is 3.26. The van der Waals surface area contributed by atoms with Crippen LogP contribution >= 0.6 is 23.2 Å². The summed E-state index contributed by atoms with van der Waals surface area (Å²) in [4.78, 5) is -0.0660. The normalized spacial score (nSPS) is 17.8. The number of hydrogen-bond donors (Lipinski definition) is 1. The Kier molecular flexibility index (Phi) is 7.07. The quantitative estimate of drug-likeness (QED) is 0.437. The van der Waals surface area contributed by atoms with Gasteiger partial charge in [0.15, 0.2) is 0 Å². The molecule has 1 aliphatic heterocycles. The molecule has 0 bridgehead atoms. The Balaban J connectivity index is 1.41. The monoisotopic (exact) mass is 539 g/mol. The van der Waals surface area contributed by atoms with Crippen molar-refractivity contribution < 1.29 is 13.2 Å². The molecule has 3 aromatic rings. The van der Waals surface area contributed by atoms with E-state index in [9.17, 15) is 13.7 Å². The van der Waals surface area contributed by atoms with E-state index in [0.717, 1.165) is 12.8 Å².